The summed E-state index contributed by atoms with van der Waals surface area (Å²) in [6.45, 7) is 5.47. The Morgan fingerprint density at radius 3 is 2.79 bits per heavy atom. The summed E-state index contributed by atoms with van der Waals surface area (Å²) < 4.78 is 22.3. The predicted octanol–water partition coefficient (Wildman–Crippen LogP) is 3.25. The van der Waals surface area contributed by atoms with Crippen molar-refractivity contribution < 1.29 is 13.9 Å². The average molecular weight is 508 g/mol. The second kappa shape index (κ2) is 9.07. The highest BCUT2D eigenvalue weighted by Crippen LogP contribution is 2.38. The Kier molecular flexibility index (Phi) is 5.56. The number of ether oxygens (including phenoxy) is 1. The number of benzene rings is 1. The molecule has 2 aromatic rings. The molecule has 0 fully saturated rings. The van der Waals surface area contributed by atoms with E-state index in [-0.39, 0.29) is 24.2 Å². The highest BCUT2D eigenvalue weighted by Gasteiger charge is 2.30. The number of anilines is 2. The van der Waals surface area contributed by atoms with Gasteiger partial charge in [-0.2, -0.15) is 5.10 Å². The lowest BCUT2D eigenvalue weighted by molar-refractivity contribution is -0.111. The first-order valence-corrected chi connectivity index (χ1v) is 11.9. The first-order chi connectivity index (χ1) is 18.4. The van der Waals surface area contributed by atoms with Gasteiger partial charge in [0.05, 0.1) is 24.1 Å². The molecule has 0 saturated carbocycles. The van der Waals surface area contributed by atoms with Gasteiger partial charge < -0.3 is 20.4 Å². The summed E-state index contributed by atoms with van der Waals surface area (Å²) >= 11 is 0. The molecule has 1 aromatic heterocycles. The van der Waals surface area contributed by atoms with E-state index in [4.69, 9.17) is 4.74 Å². The van der Waals surface area contributed by atoms with Crippen molar-refractivity contribution in [2.75, 3.05) is 17.3 Å². The van der Waals surface area contributed by atoms with E-state index in [0.29, 0.717) is 44.5 Å². The molecule has 0 bridgehead atoms. The quantitative estimate of drug-likeness (QED) is 0.400. The largest absolute Gasteiger partial charge is 0.420 e. The van der Waals surface area contributed by atoms with Crippen molar-refractivity contribution in [2.24, 2.45) is 5.10 Å². The minimum atomic E-state index is -0.526. The summed E-state index contributed by atoms with van der Waals surface area (Å²) in [6, 6.07) is 9.21. The molecule has 1 aliphatic carbocycles. The second-order valence-electron chi connectivity index (χ2n) is 8.83. The van der Waals surface area contributed by atoms with Gasteiger partial charge in [0.1, 0.15) is 5.36 Å². The molecule has 188 valence electrons. The molecule has 1 aromatic carbocycles. The number of hydrogen-bond donors (Lipinski definition) is 2. The van der Waals surface area contributed by atoms with E-state index in [1.165, 1.54) is 6.08 Å². The van der Waals surface area contributed by atoms with E-state index in [0.717, 1.165) is 11.3 Å². The van der Waals surface area contributed by atoms with Crippen LogP contribution >= 0.6 is 0 Å². The van der Waals surface area contributed by atoms with Crippen molar-refractivity contribution in [3.8, 4) is 23.0 Å². The van der Waals surface area contributed by atoms with Crippen LogP contribution in [-0.2, 0) is 11.3 Å². The van der Waals surface area contributed by atoms with Crippen LogP contribution in [0.15, 0.2) is 66.6 Å². The molecule has 0 saturated heterocycles. The Morgan fingerprint density at radius 1 is 1.21 bits per heavy atom. The van der Waals surface area contributed by atoms with Crippen LogP contribution in [0.5, 0.6) is 11.8 Å². The Morgan fingerprint density at radius 2 is 2.03 bits per heavy atom. The van der Waals surface area contributed by atoms with Gasteiger partial charge in [-0.15, -0.1) is 0 Å². The van der Waals surface area contributed by atoms with E-state index >= 15 is 4.39 Å². The average Bonchev–Trinajstić information content (AvgIpc) is 3.32. The van der Waals surface area contributed by atoms with E-state index in [1.807, 2.05) is 55.3 Å². The molecule has 9 nitrogen and oxygen atoms in total. The fraction of sp³-hybridized carbons (Fsp3) is 0.107. The van der Waals surface area contributed by atoms with Crippen LogP contribution in [0.3, 0.4) is 0 Å². The van der Waals surface area contributed by atoms with Crippen molar-refractivity contribution in [3.05, 3.63) is 94.7 Å². The molecule has 0 unspecified atom stereocenters. The van der Waals surface area contributed by atoms with Crippen LogP contribution in [0.4, 0.5) is 15.8 Å². The molecule has 0 radical (unpaired) electrons. The van der Waals surface area contributed by atoms with Gasteiger partial charge in [0.2, 0.25) is 5.91 Å². The lowest BCUT2D eigenvalue weighted by Crippen LogP contribution is -2.26. The van der Waals surface area contributed by atoms with E-state index in [2.05, 4.69) is 37.4 Å². The highest BCUT2D eigenvalue weighted by atomic mass is 19.1. The number of hydrogen-bond acceptors (Lipinski definition) is 8. The minimum absolute atomic E-state index is 0.0119. The van der Waals surface area contributed by atoms with Crippen LogP contribution in [0.2, 0.25) is 0 Å². The standard InChI is InChI=1S/C28H22FN7O2/c1-4-22(37)34-17-7-5-16(6-8-17)21-10-9-18-26(36(21)3)25-23-19(13-32-35-20(23)14-31-25)24(29)27(18)38-28-30-12-11-15(2)33-28/h4-12,14,32H,1,13H2,2-3H3,(H,34,37). The SMILES string of the molecule is C=CC(=O)Nc1ccc(C2=CC=c3c(Oc4nccc(C)n4)c(F)c4c5c(cnc-5c3N2C)=NNC4)cc1. The van der Waals surface area contributed by atoms with Gasteiger partial charge in [0, 0.05) is 46.7 Å². The van der Waals surface area contributed by atoms with Crippen LogP contribution in [0, 0.1) is 12.7 Å². The van der Waals surface area contributed by atoms with Gasteiger partial charge in [-0.1, -0.05) is 18.7 Å². The number of allylic oxidation sites excluding steroid dienone is 1. The maximum Gasteiger partial charge on any atom is 0.322 e. The molecular weight excluding hydrogens is 485 g/mol. The number of nitrogens with one attached hydrogen (secondary N) is 2. The monoisotopic (exact) mass is 507 g/mol. The molecule has 2 N–H and O–H groups in total. The molecule has 0 spiro atoms. The van der Waals surface area contributed by atoms with Gasteiger partial charge in [-0.25, -0.2) is 14.4 Å². The first kappa shape index (κ1) is 23.3. The van der Waals surface area contributed by atoms with Crippen LogP contribution in [0.25, 0.3) is 23.0 Å². The van der Waals surface area contributed by atoms with Crippen LogP contribution < -0.4 is 31.0 Å². The normalized spacial score (nSPS) is 13.4. The summed E-state index contributed by atoms with van der Waals surface area (Å²) in [5.74, 6) is -0.800. The van der Waals surface area contributed by atoms with E-state index in [9.17, 15) is 4.79 Å². The van der Waals surface area contributed by atoms with Crippen molar-refractivity contribution in [1.82, 2.24) is 20.4 Å². The number of amides is 1. The summed E-state index contributed by atoms with van der Waals surface area (Å²) in [4.78, 5) is 26.7. The lowest BCUT2D eigenvalue weighted by atomic mass is 10.0. The van der Waals surface area contributed by atoms with Crippen LogP contribution in [0.1, 0.15) is 16.8 Å². The van der Waals surface area contributed by atoms with Gasteiger partial charge in [0.25, 0.3) is 0 Å². The number of carbonyl (C=O) groups excluding carboxylic acids is 1. The van der Waals surface area contributed by atoms with Gasteiger partial charge in [0.15, 0.2) is 11.6 Å². The van der Waals surface area contributed by atoms with Crippen molar-refractivity contribution in [3.63, 3.8) is 0 Å². The molecule has 4 aliphatic rings. The first-order valence-electron chi connectivity index (χ1n) is 11.9. The molecule has 4 heterocycles. The number of nitrogens with zero attached hydrogens (tertiary/aromatic N) is 5. The summed E-state index contributed by atoms with van der Waals surface area (Å²) in [7, 11) is 1.89. The highest BCUT2D eigenvalue weighted by molar-refractivity contribution is 5.99. The zero-order chi connectivity index (χ0) is 26.4. The smallest absolute Gasteiger partial charge is 0.322 e. The third kappa shape index (κ3) is 3.83. The van der Waals surface area contributed by atoms with Gasteiger partial charge in [-0.05, 0) is 48.9 Å². The topological polar surface area (TPSA) is 105 Å². The van der Waals surface area contributed by atoms with Crippen molar-refractivity contribution in [2.45, 2.75) is 13.5 Å². The van der Waals surface area contributed by atoms with E-state index in [1.54, 1.807) is 18.5 Å². The Balaban J connectivity index is 1.54. The number of halogens is 1. The van der Waals surface area contributed by atoms with Gasteiger partial charge >= 0.3 is 6.01 Å². The fourth-order valence-electron chi connectivity index (χ4n) is 4.67. The minimum Gasteiger partial charge on any atom is -0.420 e. The second-order valence-corrected chi connectivity index (χ2v) is 8.83. The van der Waals surface area contributed by atoms with E-state index < -0.39 is 5.82 Å². The molecule has 38 heavy (non-hydrogen) atoms. The molecule has 10 heteroatoms. The Bertz CT molecular complexity index is 1750. The molecule has 3 aliphatic heterocycles. The zero-order valence-electron chi connectivity index (χ0n) is 20.6. The maximum absolute atomic E-state index is 16.2. The third-order valence-electron chi connectivity index (χ3n) is 6.46. The Labute approximate surface area is 217 Å². The number of rotatable bonds is 5. The molecule has 0 atom stereocenters. The van der Waals surface area contributed by atoms with Gasteiger partial charge in [-0.3, -0.25) is 9.78 Å². The molecular formula is C28H22FN7O2. The molecule has 6 rings (SSSR count). The zero-order valence-corrected chi connectivity index (χ0v) is 20.6. The lowest BCUT2D eigenvalue weighted by Gasteiger charge is -2.27. The fourth-order valence-corrected chi connectivity index (χ4v) is 4.67. The molecule has 1 amide bonds. The predicted molar refractivity (Wildman–Crippen MR) is 141 cm³/mol. The van der Waals surface area contributed by atoms with Crippen molar-refractivity contribution in [1.29, 1.82) is 0 Å². The summed E-state index contributed by atoms with van der Waals surface area (Å²) in [5.41, 5.74) is 8.28. The number of aryl methyl sites for hydroxylation is 1. The third-order valence-corrected chi connectivity index (χ3v) is 6.46. The van der Waals surface area contributed by atoms with Crippen molar-refractivity contribution >= 4 is 29.1 Å². The number of fused-ring (bicyclic) bond motifs is 2. The maximum atomic E-state index is 16.2. The number of carbonyl (C=O) groups is 1. The Hall–Kier alpha value is -5.12. The summed E-state index contributed by atoms with van der Waals surface area (Å²) in [6.07, 6.45) is 8.12. The van der Waals surface area contributed by atoms with Crippen LogP contribution in [-0.4, -0.2) is 27.9 Å². The summed E-state index contributed by atoms with van der Waals surface area (Å²) in [5, 5.41) is 8.14. The number of aromatic nitrogens is 3.